The molecule has 6 N–H and O–H groups in total. The zero-order valence-electron chi connectivity index (χ0n) is 21.8. The zero-order valence-corrected chi connectivity index (χ0v) is 21.8. The molecule has 0 unspecified atom stereocenters. The minimum Gasteiger partial charge on any atom is -0.505 e. The number of benzene rings is 3. The number of aromatic hydroxyl groups is 1. The highest BCUT2D eigenvalue weighted by Crippen LogP contribution is 2.34. The lowest BCUT2D eigenvalue weighted by Gasteiger charge is -2.11. The molecule has 0 fully saturated rings. The van der Waals surface area contributed by atoms with Gasteiger partial charge in [0.1, 0.15) is 23.7 Å². The standard InChI is InChI=1S/C18H14N2O3.C8H6N6.C4H6/c19-16-14-4-2-1-3-12(14)9-15(17(16)22)18(23)20-13-7-5-11(10-21)6-8-13;9-4-6-5-13-14(7(6)10)8-11-2-1-3-12-8;1-3-4-2/h1-10,22H,19H2,(H,20,23);1-3,5H,10H2;3-4H,1-2H2. The number of fused-ring (bicyclic) bond motifs is 1. The molecular formula is C30H26N8O3. The maximum atomic E-state index is 12.4. The molecule has 204 valence electrons. The Morgan fingerprint density at radius 1 is 1.02 bits per heavy atom. The van der Waals surface area contributed by atoms with Gasteiger partial charge >= 0.3 is 0 Å². The van der Waals surface area contributed by atoms with Crippen molar-refractivity contribution in [2.24, 2.45) is 0 Å². The van der Waals surface area contributed by atoms with Gasteiger partial charge in [-0.1, -0.05) is 49.6 Å². The Bertz CT molecular complexity index is 1720. The molecule has 11 nitrogen and oxygen atoms in total. The minimum atomic E-state index is -0.473. The number of aldehydes is 1. The fourth-order valence-electron chi connectivity index (χ4n) is 3.39. The fourth-order valence-corrected chi connectivity index (χ4v) is 3.39. The first kappa shape index (κ1) is 29.3. The van der Waals surface area contributed by atoms with Gasteiger partial charge in [-0.25, -0.2) is 9.97 Å². The third kappa shape index (κ3) is 7.18. The molecule has 0 aliphatic carbocycles. The second-order valence-electron chi connectivity index (χ2n) is 8.09. The second kappa shape index (κ2) is 14.0. The number of hydrogen-bond acceptors (Lipinski definition) is 9. The summed E-state index contributed by atoms with van der Waals surface area (Å²) >= 11 is 0. The van der Waals surface area contributed by atoms with Crippen LogP contribution in [0.4, 0.5) is 17.2 Å². The van der Waals surface area contributed by atoms with E-state index >= 15 is 0 Å². The van der Waals surface area contributed by atoms with Gasteiger partial charge in [-0.15, -0.1) is 0 Å². The van der Waals surface area contributed by atoms with Crippen molar-refractivity contribution in [2.75, 3.05) is 16.8 Å². The van der Waals surface area contributed by atoms with Crippen molar-refractivity contribution in [1.82, 2.24) is 19.7 Å². The Morgan fingerprint density at radius 2 is 1.68 bits per heavy atom. The summed E-state index contributed by atoms with van der Waals surface area (Å²) < 4.78 is 1.32. The van der Waals surface area contributed by atoms with Crippen LogP contribution in [-0.2, 0) is 0 Å². The zero-order chi connectivity index (χ0) is 29.8. The molecule has 2 heterocycles. The second-order valence-corrected chi connectivity index (χ2v) is 8.09. The number of nitrogens with zero attached hydrogens (tertiary/aromatic N) is 5. The Hall–Kier alpha value is -6.28. The lowest BCUT2D eigenvalue weighted by Crippen LogP contribution is -2.13. The van der Waals surface area contributed by atoms with Crippen molar-refractivity contribution >= 4 is 40.2 Å². The predicted molar refractivity (Wildman–Crippen MR) is 158 cm³/mol. The largest absolute Gasteiger partial charge is 0.505 e. The number of carbonyl (C=O) groups is 2. The molecular weight excluding hydrogens is 520 g/mol. The van der Waals surface area contributed by atoms with Crippen LogP contribution in [0.1, 0.15) is 26.3 Å². The fraction of sp³-hybridized carbons (Fsp3) is 0. The number of anilines is 3. The lowest BCUT2D eigenvalue weighted by molar-refractivity contribution is 0.102. The van der Waals surface area contributed by atoms with E-state index < -0.39 is 5.91 Å². The number of allylic oxidation sites excluding steroid dienone is 2. The van der Waals surface area contributed by atoms with Gasteiger partial charge < -0.3 is 21.9 Å². The third-order valence-electron chi connectivity index (χ3n) is 5.45. The first-order valence-electron chi connectivity index (χ1n) is 12.0. The summed E-state index contributed by atoms with van der Waals surface area (Å²) in [5.74, 6) is -0.116. The van der Waals surface area contributed by atoms with Crippen LogP contribution in [0.5, 0.6) is 5.75 Å². The minimum absolute atomic E-state index is 0.0978. The van der Waals surface area contributed by atoms with Crippen LogP contribution in [0.3, 0.4) is 0 Å². The number of amides is 1. The van der Waals surface area contributed by atoms with Crippen LogP contribution < -0.4 is 16.8 Å². The van der Waals surface area contributed by atoms with Crippen molar-refractivity contribution in [1.29, 1.82) is 5.26 Å². The van der Waals surface area contributed by atoms with Crippen molar-refractivity contribution in [3.8, 4) is 17.8 Å². The number of rotatable bonds is 5. The molecule has 0 radical (unpaired) electrons. The van der Waals surface area contributed by atoms with E-state index in [0.29, 0.717) is 28.1 Å². The van der Waals surface area contributed by atoms with Crippen LogP contribution in [0.2, 0.25) is 0 Å². The molecule has 2 aromatic heterocycles. The Morgan fingerprint density at radius 3 is 2.27 bits per heavy atom. The van der Waals surface area contributed by atoms with Gasteiger partial charge in [0.15, 0.2) is 5.75 Å². The van der Waals surface area contributed by atoms with E-state index in [9.17, 15) is 14.7 Å². The number of nitrogen functional groups attached to an aromatic ring is 2. The summed E-state index contributed by atoms with van der Waals surface area (Å²) in [4.78, 5) is 30.9. The van der Waals surface area contributed by atoms with Crippen LogP contribution in [0.25, 0.3) is 16.7 Å². The molecule has 3 aromatic carbocycles. The molecule has 1 amide bonds. The summed E-state index contributed by atoms with van der Waals surface area (Å²) in [5, 5.41) is 26.9. The number of nitriles is 1. The highest BCUT2D eigenvalue weighted by atomic mass is 16.3. The maximum absolute atomic E-state index is 12.4. The summed E-state index contributed by atoms with van der Waals surface area (Å²) in [6.07, 6.45) is 8.54. The number of phenolic OH excluding ortho intramolecular Hbond substituents is 1. The molecule has 5 rings (SSSR count). The molecule has 41 heavy (non-hydrogen) atoms. The van der Waals surface area contributed by atoms with Crippen LogP contribution in [0, 0.1) is 11.3 Å². The van der Waals surface area contributed by atoms with E-state index in [1.165, 1.54) is 10.9 Å². The highest BCUT2D eigenvalue weighted by molar-refractivity contribution is 6.11. The van der Waals surface area contributed by atoms with E-state index in [4.69, 9.17) is 16.7 Å². The Kier molecular flexibility index (Phi) is 10.0. The summed E-state index contributed by atoms with van der Waals surface area (Å²) in [6.45, 7) is 6.72. The van der Waals surface area contributed by atoms with E-state index in [1.54, 1.807) is 67.0 Å². The average Bonchev–Trinajstić information content (AvgIpc) is 3.40. The van der Waals surface area contributed by atoms with Gasteiger partial charge in [-0.2, -0.15) is 15.0 Å². The lowest BCUT2D eigenvalue weighted by atomic mass is 10.0. The number of phenols is 1. The number of hydrogen-bond donors (Lipinski definition) is 4. The van der Waals surface area contributed by atoms with Gasteiger partial charge in [-0.3, -0.25) is 9.59 Å². The maximum Gasteiger partial charge on any atom is 0.259 e. The molecule has 5 aromatic rings. The predicted octanol–water partition coefficient (Wildman–Crippen LogP) is 4.67. The van der Waals surface area contributed by atoms with Crippen LogP contribution in [-0.4, -0.2) is 37.0 Å². The van der Waals surface area contributed by atoms with Gasteiger partial charge in [0.05, 0.1) is 17.4 Å². The Labute approximate surface area is 235 Å². The van der Waals surface area contributed by atoms with Crippen LogP contribution in [0.15, 0.2) is 105 Å². The monoisotopic (exact) mass is 546 g/mol. The molecule has 0 bridgehead atoms. The van der Waals surface area contributed by atoms with Crippen molar-refractivity contribution in [3.05, 3.63) is 121 Å². The molecule has 0 saturated heterocycles. The molecule has 0 aliphatic heterocycles. The molecule has 0 aliphatic rings. The number of nitrogens with two attached hydrogens (primary N) is 2. The number of nitrogens with one attached hydrogen (secondary N) is 1. The van der Waals surface area contributed by atoms with Crippen LogP contribution >= 0.6 is 0 Å². The van der Waals surface area contributed by atoms with E-state index in [0.717, 1.165) is 11.7 Å². The summed E-state index contributed by atoms with van der Waals surface area (Å²) in [5.41, 5.74) is 13.2. The Balaban J connectivity index is 0.000000218. The molecule has 0 saturated carbocycles. The van der Waals surface area contributed by atoms with Crippen molar-refractivity contribution < 1.29 is 14.7 Å². The van der Waals surface area contributed by atoms with Gasteiger partial charge in [0.2, 0.25) is 0 Å². The summed E-state index contributed by atoms with van der Waals surface area (Å²) in [6, 6.07) is 18.9. The SMILES string of the molecule is C=CC=C.N#Cc1cnn(-c2ncccn2)c1N.Nc1c(O)c(C(=O)Nc2ccc(C=O)cc2)cc2ccccc12. The smallest absolute Gasteiger partial charge is 0.259 e. The summed E-state index contributed by atoms with van der Waals surface area (Å²) in [7, 11) is 0. The molecule has 11 heteroatoms. The quantitative estimate of drug-likeness (QED) is 0.105. The van der Waals surface area contributed by atoms with E-state index in [-0.39, 0.29) is 22.8 Å². The normalized spacial score (nSPS) is 9.63. The van der Waals surface area contributed by atoms with E-state index in [2.05, 4.69) is 33.5 Å². The van der Waals surface area contributed by atoms with Gasteiger partial charge in [-0.05, 0) is 41.8 Å². The topological polar surface area (TPSA) is 186 Å². The highest BCUT2D eigenvalue weighted by Gasteiger charge is 2.16. The van der Waals surface area contributed by atoms with Gasteiger partial charge in [0.25, 0.3) is 11.9 Å². The first-order chi connectivity index (χ1) is 19.8. The molecule has 0 atom stereocenters. The molecule has 0 spiro atoms. The van der Waals surface area contributed by atoms with Crippen molar-refractivity contribution in [3.63, 3.8) is 0 Å². The van der Waals surface area contributed by atoms with Gasteiger partial charge in [0, 0.05) is 29.0 Å². The van der Waals surface area contributed by atoms with Crippen molar-refractivity contribution in [2.45, 2.75) is 0 Å². The van der Waals surface area contributed by atoms with E-state index in [1.807, 2.05) is 24.3 Å². The third-order valence-corrected chi connectivity index (χ3v) is 5.45. The number of carbonyl (C=O) groups excluding carboxylic acids is 2. The first-order valence-corrected chi connectivity index (χ1v) is 12.0. The average molecular weight is 547 g/mol. The number of aromatic nitrogens is 4.